The molecule has 0 radical (unpaired) electrons. The lowest BCUT2D eigenvalue weighted by Gasteiger charge is -2.44. The summed E-state index contributed by atoms with van der Waals surface area (Å²) in [7, 11) is 0. The first kappa shape index (κ1) is 15.0. The molecule has 1 aliphatic carbocycles. The molecule has 0 N–H and O–H groups in total. The summed E-state index contributed by atoms with van der Waals surface area (Å²) < 4.78 is 28.4. The number of halogens is 2. The summed E-state index contributed by atoms with van der Waals surface area (Å²) in [5, 5.41) is 0. The maximum absolute atomic E-state index is 14.6. The number of hydrogen-bond donors (Lipinski definition) is 0. The molecule has 0 fully saturated rings. The van der Waals surface area contributed by atoms with Crippen LogP contribution in [0, 0.1) is 17.6 Å². The van der Waals surface area contributed by atoms with Crippen molar-refractivity contribution in [2.75, 3.05) is 4.90 Å². The third-order valence-electron chi connectivity index (χ3n) is 4.92. The molecule has 0 spiro atoms. The summed E-state index contributed by atoms with van der Waals surface area (Å²) in [5.74, 6) is -1.64. The van der Waals surface area contributed by atoms with E-state index in [1.54, 1.807) is 12.4 Å². The molecule has 1 aliphatic heterocycles. The van der Waals surface area contributed by atoms with Crippen LogP contribution in [0.4, 0.5) is 14.5 Å². The standard InChI is InChI=1S/C19H16F2N2O/c1-11(24)23-18(12-4-3-7-22-10-12)15-6-2-5-14(15)16-8-13(20)9-17(21)19(16)23/h2-5,7-10,14-15,18H,6H2,1H3/t14-,15+,18+/m1/s1. The smallest absolute Gasteiger partial charge is 0.224 e. The number of allylic oxidation sites excluding steroid dienone is 2. The fourth-order valence-corrected chi connectivity index (χ4v) is 4.06. The Morgan fingerprint density at radius 2 is 2.17 bits per heavy atom. The summed E-state index contributed by atoms with van der Waals surface area (Å²) >= 11 is 0. The lowest BCUT2D eigenvalue weighted by molar-refractivity contribution is -0.117. The maximum Gasteiger partial charge on any atom is 0.224 e. The van der Waals surface area contributed by atoms with E-state index in [4.69, 9.17) is 0 Å². The number of fused-ring (bicyclic) bond motifs is 3. The molecule has 24 heavy (non-hydrogen) atoms. The van der Waals surface area contributed by atoms with Crippen molar-refractivity contribution in [1.82, 2.24) is 4.98 Å². The highest BCUT2D eigenvalue weighted by Gasteiger charge is 2.45. The molecular weight excluding hydrogens is 310 g/mol. The molecule has 1 aromatic carbocycles. The highest BCUT2D eigenvalue weighted by atomic mass is 19.1. The Balaban J connectivity index is 1.97. The Hall–Kier alpha value is -2.56. The number of hydrogen-bond acceptors (Lipinski definition) is 2. The predicted molar refractivity (Wildman–Crippen MR) is 86.5 cm³/mol. The molecular formula is C19H16F2N2O. The van der Waals surface area contributed by atoms with Crippen LogP contribution in [0.5, 0.6) is 0 Å². The van der Waals surface area contributed by atoms with Crippen molar-refractivity contribution in [1.29, 1.82) is 0 Å². The molecule has 2 aliphatic rings. The highest BCUT2D eigenvalue weighted by molar-refractivity contribution is 5.94. The first-order chi connectivity index (χ1) is 11.6. The van der Waals surface area contributed by atoms with Crippen molar-refractivity contribution in [2.45, 2.75) is 25.3 Å². The first-order valence-electron chi connectivity index (χ1n) is 7.93. The molecule has 1 amide bonds. The van der Waals surface area contributed by atoms with Crippen LogP contribution >= 0.6 is 0 Å². The molecule has 3 nitrogen and oxygen atoms in total. The van der Waals surface area contributed by atoms with Gasteiger partial charge in [0, 0.05) is 31.3 Å². The van der Waals surface area contributed by atoms with E-state index in [9.17, 15) is 13.6 Å². The number of carbonyl (C=O) groups excluding carboxylic acids is 1. The average molecular weight is 326 g/mol. The number of carbonyl (C=O) groups is 1. The minimum Gasteiger partial charge on any atom is -0.302 e. The van der Waals surface area contributed by atoms with Crippen LogP contribution in [0.15, 0.2) is 48.8 Å². The van der Waals surface area contributed by atoms with Crippen LogP contribution < -0.4 is 4.90 Å². The van der Waals surface area contributed by atoms with Crippen molar-refractivity contribution in [3.63, 3.8) is 0 Å². The van der Waals surface area contributed by atoms with Gasteiger partial charge < -0.3 is 4.90 Å². The highest BCUT2D eigenvalue weighted by Crippen LogP contribution is 2.53. The van der Waals surface area contributed by atoms with Gasteiger partial charge in [0.25, 0.3) is 0 Å². The Kier molecular flexibility index (Phi) is 3.44. The van der Waals surface area contributed by atoms with Gasteiger partial charge in [0.2, 0.25) is 5.91 Å². The second kappa shape index (κ2) is 5.51. The molecule has 0 bridgehead atoms. The maximum atomic E-state index is 14.6. The van der Waals surface area contributed by atoms with Crippen LogP contribution in [-0.2, 0) is 4.79 Å². The summed E-state index contributed by atoms with van der Waals surface area (Å²) in [6.07, 6.45) is 8.14. The molecule has 0 unspecified atom stereocenters. The quantitative estimate of drug-likeness (QED) is 0.738. The van der Waals surface area contributed by atoms with Crippen molar-refractivity contribution < 1.29 is 13.6 Å². The van der Waals surface area contributed by atoms with Crippen LogP contribution in [0.25, 0.3) is 0 Å². The second-order valence-corrected chi connectivity index (χ2v) is 6.30. The van der Waals surface area contributed by atoms with E-state index in [2.05, 4.69) is 4.98 Å². The summed E-state index contributed by atoms with van der Waals surface area (Å²) in [6, 6.07) is 5.58. The van der Waals surface area contributed by atoms with Gasteiger partial charge in [-0.15, -0.1) is 0 Å². The molecule has 3 atom stereocenters. The van der Waals surface area contributed by atoms with E-state index in [0.29, 0.717) is 5.56 Å². The zero-order valence-corrected chi connectivity index (χ0v) is 13.1. The van der Waals surface area contributed by atoms with Crippen molar-refractivity contribution in [3.8, 4) is 0 Å². The van der Waals surface area contributed by atoms with Gasteiger partial charge in [-0.1, -0.05) is 18.2 Å². The van der Waals surface area contributed by atoms with Crippen LogP contribution in [0.3, 0.4) is 0 Å². The third kappa shape index (κ3) is 2.15. The Bertz CT molecular complexity index is 835. The molecule has 0 saturated carbocycles. The van der Waals surface area contributed by atoms with Crippen molar-refractivity contribution in [3.05, 3.63) is 71.6 Å². The minimum atomic E-state index is -0.701. The number of pyridine rings is 1. The number of nitrogens with zero attached hydrogens (tertiary/aromatic N) is 2. The Morgan fingerprint density at radius 3 is 2.88 bits per heavy atom. The Labute approximate surface area is 138 Å². The van der Waals surface area contributed by atoms with E-state index in [1.165, 1.54) is 17.9 Å². The zero-order chi connectivity index (χ0) is 16.8. The van der Waals surface area contributed by atoms with E-state index >= 15 is 0 Å². The summed E-state index contributed by atoms with van der Waals surface area (Å²) in [6.45, 7) is 1.42. The van der Waals surface area contributed by atoms with Gasteiger partial charge in [0.15, 0.2) is 0 Å². The van der Waals surface area contributed by atoms with Crippen LogP contribution in [0.2, 0.25) is 0 Å². The van der Waals surface area contributed by atoms with E-state index < -0.39 is 11.6 Å². The number of anilines is 1. The normalized spacial score (nSPS) is 24.6. The molecule has 2 aromatic rings. The van der Waals surface area contributed by atoms with Gasteiger partial charge in [-0.05, 0) is 35.6 Å². The topological polar surface area (TPSA) is 33.2 Å². The van der Waals surface area contributed by atoms with Gasteiger partial charge in [-0.2, -0.15) is 0 Å². The number of rotatable bonds is 1. The van der Waals surface area contributed by atoms with Gasteiger partial charge in [0.05, 0.1) is 11.7 Å². The molecule has 5 heteroatoms. The first-order valence-corrected chi connectivity index (χ1v) is 7.93. The van der Waals surface area contributed by atoms with E-state index in [-0.39, 0.29) is 29.5 Å². The molecule has 0 saturated heterocycles. The monoisotopic (exact) mass is 326 g/mol. The minimum absolute atomic E-state index is 0.0480. The van der Waals surface area contributed by atoms with Gasteiger partial charge in [0.1, 0.15) is 11.6 Å². The number of amides is 1. The molecule has 1 aromatic heterocycles. The van der Waals surface area contributed by atoms with E-state index in [1.807, 2.05) is 24.3 Å². The van der Waals surface area contributed by atoms with Gasteiger partial charge >= 0.3 is 0 Å². The van der Waals surface area contributed by atoms with E-state index in [0.717, 1.165) is 18.1 Å². The van der Waals surface area contributed by atoms with Crippen molar-refractivity contribution >= 4 is 11.6 Å². The predicted octanol–water partition coefficient (Wildman–Crippen LogP) is 4.13. The average Bonchev–Trinajstić information content (AvgIpc) is 3.03. The number of aromatic nitrogens is 1. The largest absolute Gasteiger partial charge is 0.302 e. The molecule has 2 heterocycles. The second-order valence-electron chi connectivity index (χ2n) is 6.30. The van der Waals surface area contributed by atoms with Crippen molar-refractivity contribution in [2.24, 2.45) is 5.92 Å². The zero-order valence-electron chi connectivity index (χ0n) is 13.1. The lowest BCUT2D eigenvalue weighted by atomic mass is 9.76. The SMILES string of the molecule is CC(=O)N1c2c(F)cc(F)cc2[C@@H]2C=CC[C@@H]2[C@@H]1c1cccnc1. The Morgan fingerprint density at radius 1 is 1.33 bits per heavy atom. The fourth-order valence-electron chi connectivity index (χ4n) is 4.06. The van der Waals surface area contributed by atoms with Gasteiger partial charge in [-0.25, -0.2) is 8.78 Å². The lowest BCUT2D eigenvalue weighted by Crippen LogP contribution is -2.43. The van der Waals surface area contributed by atoms with Gasteiger partial charge in [-0.3, -0.25) is 9.78 Å². The molecule has 4 rings (SSSR count). The third-order valence-corrected chi connectivity index (χ3v) is 4.92. The molecule has 122 valence electrons. The van der Waals surface area contributed by atoms with Crippen LogP contribution in [-0.4, -0.2) is 10.9 Å². The van der Waals surface area contributed by atoms with Crippen LogP contribution in [0.1, 0.15) is 36.4 Å². The fraction of sp³-hybridized carbons (Fsp3) is 0.263. The number of benzene rings is 1. The summed E-state index contributed by atoms with van der Waals surface area (Å²) in [5.41, 5.74) is 1.59. The summed E-state index contributed by atoms with van der Waals surface area (Å²) in [4.78, 5) is 18.0.